The van der Waals surface area contributed by atoms with Crippen molar-refractivity contribution in [3.05, 3.63) is 64.4 Å². The molecule has 0 aliphatic carbocycles. The van der Waals surface area contributed by atoms with Gasteiger partial charge in [0.25, 0.3) is 0 Å². The van der Waals surface area contributed by atoms with Crippen LogP contribution in [0.5, 0.6) is 6.01 Å². The number of aliphatic carboxylic acids is 1. The number of carbonyl (C=O) groups is 1. The maximum absolute atomic E-state index is 12.9. The molecule has 1 aliphatic heterocycles. The fraction of sp³-hybridized carbons (Fsp3) is 0.273. The van der Waals surface area contributed by atoms with Gasteiger partial charge in [-0.15, -0.1) is 0 Å². The van der Waals surface area contributed by atoms with Gasteiger partial charge >= 0.3 is 18.2 Å². The van der Waals surface area contributed by atoms with Crippen molar-refractivity contribution in [3.63, 3.8) is 0 Å². The summed E-state index contributed by atoms with van der Waals surface area (Å²) in [5.74, 6) is -0.0575. The Bertz CT molecular complexity index is 1190. The molecule has 0 saturated carbocycles. The molecule has 2 N–H and O–H groups in total. The van der Waals surface area contributed by atoms with Gasteiger partial charge in [0.1, 0.15) is 18.2 Å². The van der Waals surface area contributed by atoms with Gasteiger partial charge in [0.2, 0.25) is 0 Å². The first-order chi connectivity index (χ1) is 16.2. The molecule has 12 heteroatoms. The highest BCUT2D eigenvalue weighted by Gasteiger charge is 2.30. The van der Waals surface area contributed by atoms with Crippen LogP contribution in [-0.2, 0) is 23.9 Å². The van der Waals surface area contributed by atoms with Crippen molar-refractivity contribution >= 4 is 34.9 Å². The lowest BCUT2D eigenvalue weighted by Crippen LogP contribution is -2.32. The fourth-order valence-electron chi connectivity index (χ4n) is 3.48. The predicted octanol–water partition coefficient (Wildman–Crippen LogP) is 4.70. The van der Waals surface area contributed by atoms with Crippen molar-refractivity contribution in [1.82, 2.24) is 15.0 Å². The lowest BCUT2D eigenvalue weighted by atomic mass is 10.1. The Hall–Kier alpha value is -3.60. The molecule has 0 atom stereocenters. The lowest BCUT2D eigenvalue weighted by Gasteiger charge is -2.30. The number of pyridine rings is 1. The summed E-state index contributed by atoms with van der Waals surface area (Å²) in [7, 11) is 0. The summed E-state index contributed by atoms with van der Waals surface area (Å²) >= 11 is 6.29. The summed E-state index contributed by atoms with van der Waals surface area (Å²) in [4.78, 5) is 25.9. The Kier molecular flexibility index (Phi) is 6.73. The van der Waals surface area contributed by atoms with E-state index >= 15 is 0 Å². The third-order valence-electron chi connectivity index (χ3n) is 5.11. The zero-order chi connectivity index (χ0) is 24.3. The number of aromatic nitrogens is 3. The molecule has 0 amide bonds. The van der Waals surface area contributed by atoms with Gasteiger partial charge < -0.3 is 20.1 Å². The number of carboxylic acid groups (broad SMARTS) is 1. The summed E-state index contributed by atoms with van der Waals surface area (Å²) < 4.78 is 44.1. The van der Waals surface area contributed by atoms with Crippen molar-refractivity contribution in [2.45, 2.75) is 25.6 Å². The molecule has 1 aromatic carbocycles. The highest BCUT2D eigenvalue weighted by Crippen LogP contribution is 2.33. The van der Waals surface area contributed by atoms with E-state index in [2.05, 4.69) is 20.3 Å². The highest BCUT2D eigenvalue weighted by atomic mass is 35.5. The van der Waals surface area contributed by atoms with E-state index in [1.54, 1.807) is 18.3 Å². The van der Waals surface area contributed by atoms with Crippen LogP contribution in [0.25, 0.3) is 0 Å². The fourth-order valence-corrected chi connectivity index (χ4v) is 3.72. The van der Waals surface area contributed by atoms with Crippen LogP contribution in [0.4, 0.5) is 30.5 Å². The first-order valence-electron chi connectivity index (χ1n) is 10.2. The number of rotatable bonds is 7. The average Bonchev–Trinajstić information content (AvgIpc) is 2.78. The van der Waals surface area contributed by atoms with E-state index in [-0.39, 0.29) is 19.0 Å². The zero-order valence-electron chi connectivity index (χ0n) is 17.6. The molecule has 0 spiro atoms. The first-order valence-corrected chi connectivity index (χ1v) is 10.6. The van der Waals surface area contributed by atoms with Crippen LogP contribution in [-0.4, -0.2) is 39.2 Å². The van der Waals surface area contributed by atoms with Gasteiger partial charge in [-0.3, -0.25) is 4.79 Å². The SMILES string of the molecule is O=C(O)CCOc1nc2c(c(Nc3ccc(C(F)(F)F)cc3)n1)CCN(c1ncccc1Cl)C2. The lowest BCUT2D eigenvalue weighted by molar-refractivity contribution is -0.138. The standard InChI is InChI=1S/C22H19ClF3N5O3/c23-16-2-1-9-27-20(16)31-10-7-15-17(12-31)29-21(34-11-8-18(32)33)30-19(15)28-14-5-3-13(4-6-14)22(24,25)26/h1-6,9H,7-8,10-12H2,(H,32,33)(H,28,29,30). The second kappa shape index (κ2) is 9.72. The first kappa shape index (κ1) is 23.6. The summed E-state index contributed by atoms with van der Waals surface area (Å²) in [6, 6.07) is 8.00. The number of anilines is 3. The Morgan fingerprint density at radius 3 is 2.65 bits per heavy atom. The molecule has 0 fully saturated rings. The number of nitrogens with one attached hydrogen (secondary N) is 1. The molecule has 0 radical (unpaired) electrons. The summed E-state index contributed by atoms with van der Waals surface area (Å²) in [5, 5.41) is 12.4. The minimum atomic E-state index is -4.44. The van der Waals surface area contributed by atoms with Gasteiger partial charge in [0, 0.05) is 24.0 Å². The number of halogens is 4. The Balaban J connectivity index is 1.63. The molecular weight excluding hydrogens is 475 g/mol. The van der Waals surface area contributed by atoms with Crippen LogP contribution in [0.3, 0.4) is 0 Å². The number of nitrogens with zero attached hydrogens (tertiary/aromatic N) is 4. The van der Waals surface area contributed by atoms with E-state index in [0.717, 1.165) is 17.7 Å². The van der Waals surface area contributed by atoms with Crippen molar-refractivity contribution in [3.8, 4) is 6.01 Å². The summed E-state index contributed by atoms with van der Waals surface area (Å²) in [5.41, 5.74) is 1.03. The molecule has 2 aromatic heterocycles. The molecular formula is C22H19ClF3N5O3. The number of alkyl halides is 3. The van der Waals surface area contributed by atoms with Crippen molar-refractivity contribution in [2.24, 2.45) is 0 Å². The highest BCUT2D eigenvalue weighted by molar-refractivity contribution is 6.32. The van der Waals surface area contributed by atoms with E-state index in [9.17, 15) is 18.0 Å². The predicted molar refractivity (Wildman–Crippen MR) is 119 cm³/mol. The number of hydrogen-bond donors (Lipinski definition) is 2. The van der Waals surface area contributed by atoms with E-state index < -0.39 is 17.7 Å². The molecule has 3 aromatic rings. The van der Waals surface area contributed by atoms with Crippen molar-refractivity contribution < 1.29 is 27.8 Å². The number of hydrogen-bond acceptors (Lipinski definition) is 7. The topological polar surface area (TPSA) is 100 Å². The minimum Gasteiger partial charge on any atom is -0.481 e. The third-order valence-corrected chi connectivity index (χ3v) is 5.40. The van der Waals surface area contributed by atoms with E-state index in [0.29, 0.717) is 47.6 Å². The van der Waals surface area contributed by atoms with E-state index in [1.807, 2.05) is 4.90 Å². The van der Waals surface area contributed by atoms with E-state index in [4.69, 9.17) is 21.4 Å². The molecule has 34 heavy (non-hydrogen) atoms. The number of carboxylic acids is 1. The average molecular weight is 494 g/mol. The molecule has 178 valence electrons. The van der Waals surface area contributed by atoms with Gasteiger partial charge in [-0.1, -0.05) is 11.6 Å². The number of fused-ring (bicyclic) bond motifs is 1. The molecule has 3 heterocycles. The maximum atomic E-state index is 12.9. The van der Waals surface area contributed by atoms with Gasteiger partial charge in [0.15, 0.2) is 0 Å². The molecule has 1 aliphatic rings. The quantitative estimate of drug-likeness (QED) is 0.488. The van der Waals surface area contributed by atoms with Crippen LogP contribution in [0.1, 0.15) is 23.2 Å². The van der Waals surface area contributed by atoms with E-state index in [1.165, 1.54) is 12.1 Å². The molecule has 4 rings (SSSR count). The Labute approximate surface area is 197 Å². The Morgan fingerprint density at radius 2 is 1.97 bits per heavy atom. The van der Waals surface area contributed by atoms with Crippen molar-refractivity contribution in [2.75, 3.05) is 23.4 Å². The zero-order valence-corrected chi connectivity index (χ0v) is 18.4. The second-order valence-electron chi connectivity index (χ2n) is 7.45. The maximum Gasteiger partial charge on any atom is 0.416 e. The third kappa shape index (κ3) is 5.48. The largest absolute Gasteiger partial charge is 0.481 e. The molecule has 8 nitrogen and oxygen atoms in total. The van der Waals surface area contributed by atoms with Gasteiger partial charge in [-0.25, -0.2) is 4.98 Å². The second-order valence-corrected chi connectivity index (χ2v) is 7.86. The smallest absolute Gasteiger partial charge is 0.416 e. The Morgan fingerprint density at radius 1 is 1.21 bits per heavy atom. The molecule has 0 bridgehead atoms. The van der Waals surface area contributed by atoms with Crippen molar-refractivity contribution in [1.29, 1.82) is 0 Å². The van der Waals surface area contributed by atoms with Gasteiger partial charge in [-0.05, 0) is 42.8 Å². The van der Waals surface area contributed by atoms with Gasteiger partial charge in [0.05, 0.1) is 29.2 Å². The normalized spacial score (nSPS) is 13.4. The van der Waals surface area contributed by atoms with Crippen LogP contribution in [0, 0.1) is 0 Å². The monoisotopic (exact) mass is 493 g/mol. The minimum absolute atomic E-state index is 0.0385. The molecule has 0 unspecified atom stereocenters. The van der Waals surface area contributed by atoms with Crippen LogP contribution in [0.2, 0.25) is 5.02 Å². The van der Waals surface area contributed by atoms with Crippen LogP contribution < -0.4 is 15.0 Å². The number of benzene rings is 1. The molecule has 0 saturated heterocycles. The van der Waals surface area contributed by atoms with Crippen LogP contribution >= 0.6 is 11.6 Å². The van der Waals surface area contributed by atoms with Gasteiger partial charge in [-0.2, -0.15) is 23.1 Å². The summed E-state index contributed by atoms with van der Waals surface area (Å²) in [6.45, 7) is 0.767. The summed E-state index contributed by atoms with van der Waals surface area (Å²) in [6.07, 6.45) is -2.53. The number of ether oxygens (including phenoxy) is 1. The van der Waals surface area contributed by atoms with Crippen LogP contribution in [0.15, 0.2) is 42.6 Å².